The molecule has 3 amide bonds. The van der Waals surface area contributed by atoms with Gasteiger partial charge in [-0.2, -0.15) is 0 Å². The van der Waals surface area contributed by atoms with E-state index in [1.54, 1.807) is 23.6 Å². The molecule has 5 heteroatoms. The summed E-state index contributed by atoms with van der Waals surface area (Å²) in [4.78, 5) is 24.1. The summed E-state index contributed by atoms with van der Waals surface area (Å²) in [6, 6.07) is 0.130. The Morgan fingerprint density at radius 2 is 1.57 bits per heavy atom. The van der Waals surface area contributed by atoms with Crippen LogP contribution in [0, 0.1) is 5.92 Å². The van der Waals surface area contributed by atoms with Crippen LogP contribution in [0.2, 0.25) is 0 Å². The maximum atomic E-state index is 10.8. The number of carbonyl (C=O) groups excluding carboxylic acids is 2. The van der Waals surface area contributed by atoms with E-state index >= 15 is 0 Å². The summed E-state index contributed by atoms with van der Waals surface area (Å²) in [5.74, 6) is -0.250. The molecule has 0 spiro atoms. The molecule has 0 aromatic heterocycles. The molecule has 0 aromatic rings. The van der Waals surface area contributed by atoms with Gasteiger partial charge in [0.25, 0.3) is 0 Å². The van der Waals surface area contributed by atoms with Crippen molar-refractivity contribution in [2.24, 2.45) is 11.7 Å². The minimum atomic E-state index is -0.241. The predicted molar refractivity (Wildman–Crippen MR) is 54.7 cm³/mol. The second-order valence-corrected chi connectivity index (χ2v) is 3.68. The van der Waals surface area contributed by atoms with E-state index in [4.69, 9.17) is 5.73 Å². The van der Waals surface area contributed by atoms with E-state index in [2.05, 4.69) is 0 Å². The van der Waals surface area contributed by atoms with Crippen molar-refractivity contribution in [1.82, 2.24) is 9.80 Å². The van der Waals surface area contributed by atoms with Gasteiger partial charge in [-0.1, -0.05) is 13.8 Å². The van der Waals surface area contributed by atoms with Crippen molar-refractivity contribution < 1.29 is 9.59 Å². The quantitative estimate of drug-likeness (QED) is 0.654. The minimum absolute atomic E-state index is 0.00926. The molecule has 5 nitrogen and oxygen atoms in total. The smallest absolute Gasteiger partial charge is 0.319 e. The summed E-state index contributed by atoms with van der Waals surface area (Å²) < 4.78 is 0. The Bertz CT molecular complexity index is 204. The average molecular weight is 201 g/mol. The zero-order valence-corrected chi connectivity index (χ0v) is 9.28. The number of primary amides is 1. The third-order valence-corrected chi connectivity index (χ3v) is 1.99. The molecule has 1 aliphatic rings. The van der Waals surface area contributed by atoms with E-state index < -0.39 is 0 Å². The van der Waals surface area contributed by atoms with Crippen LogP contribution in [-0.2, 0) is 4.79 Å². The topological polar surface area (TPSA) is 66.6 Å². The molecule has 1 saturated heterocycles. The van der Waals surface area contributed by atoms with Crippen LogP contribution in [0.4, 0.5) is 4.79 Å². The van der Waals surface area contributed by atoms with E-state index in [1.807, 2.05) is 14.1 Å². The van der Waals surface area contributed by atoms with Gasteiger partial charge in [-0.15, -0.1) is 0 Å². The Morgan fingerprint density at radius 3 is 1.64 bits per heavy atom. The number of carbonyl (C=O) groups is 2. The molecule has 2 N–H and O–H groups in total. The number of urea groups is 1. The van der Waals surface area contributed by atoms with Gasteiger partial charge >= 0.3 is 6.03 Å². The molecule has 1 rings (SSSR count). The first kappa shape index (κ1) is 12.7. The lowest BCUT2D eigenvalue weighted by Gasteiger charge is -2.07. The molecule has 0 radical (unpaired) electrons. The first-order chi connectivity index (χ1) is 6.36. The maximum absolute atomic E-state index is 10.8. The first-order valence-electron chi connectivity index (χ1n) is 4.61. The number of likely N-dealkylation sites (N-methyl/N-ethyl adjacent to an activating group) is 2. The molecule has 0 saturated carbocycles. The Balaban J connectivity index is 0.000000255. The van der Waals surface area contributed by atoms with Gasteiger partial charge in [0.2, 0.25) is 5.91 Å². The van der Waals surface area contributed by atoms with Crippen LogP contribution < -0.4 is 5.73 Å². The molecule has 82 valence electrons. The van der Waals surface area contributed by atoms with E-state index in [1.165, 1.54) is 0 Å². The molecule has 0 bridgehead atoms. The van der Waals surface area contributed by atoms with Crippen LogP contribution in [0.15, 0.2) is 0 Å². The second-order valence-electron chi connectivity index (χ2n) is 3.68. The van der Waals surface area contributed by atoms with Crippen LogP contribution >= 0.6 is 0 Å². The van der Waals surface area contributed by atoms with Crippen LogP contribution in [0.5, 0.6) is 0 Å². The minimum Gasteiger partial charge on any atom is -0.369 e. The van der Waals surface area contributed by atoms with Gasteiger partial charge in [0, 0.05) is 33.1 Å². The number of nitrogens with zero attached hydrogens (tertiary/aromatic N) is 2. The van der Waals surface area contributed by atoms with E-state index in [0.717, 1.165) is 13.1 Å². The molecular weight excluding hydrogens is 182 g/mol. The highest BCUT2D eigenvalue weighted by atomic mass is 16.2. The van der Waals surface area contributed by atoms with Crippen LogP contribution in [0.3, 0.4) is 0 Å². The summed E-state index contributed by atoms with van der Waals surface area (Å²) in [7, 11) is 3.62. The number of nitrogens with two attached hydrogens (primary N) is 1. The predicted octanol–water partition coefficient (Wildman–Crippen LogP) is 0.111. The fourth-order valence-corrected chi connectivity index (χ4v) is 0.783. The highest BCUT2D eigenvalue weighted by molar-refractivity contribution is 5.76. The molecule has 1 heterocycles. The SMILES string of the molecule is CC(C)C(N)=O.CN1CCN(C)C1=O. The number of amides is 3. The van der Waals surface area contributed by atoms with Gasteiger partial charge in [-0.3, -0.25) is 4.79 Å². The van der Waals surface area contributed by atoms with Crippen molar-refractivity contribution in [3.05, 3.63) is 0 Å². The lowest BCUT2D eigenvalue weighted by atomic mass is 10.2. The molecule has 14 heavy (non-hydrogen) atoms. The summed E-state index contributed by atoms with van der Waals surface area (Å²) in [6.45, 7) is 5.27. The normalized spacial score (nSPS) is 15.6. The molecule has 0 aliphatic carbocycles. The van der Waals surface area contributed by atoms with Gasteiger partial charge in [0.1, 0.15) is 0 Å². The maximum Gasteiger partial charge on any atom is 0.319 e. The van der Waals surface area contributed by atoms with Gasteiger partial charge in [-0.25, -0.2) is 4.79 Å². The fraction of sp³-hybridized carbons (Fsp3) is 0.778. The molecular formula is C9H19N3O2. The largest absolute Gasteiger partial charge is 0.369 e. The third-order valence-electron chi connectivity index (χ3n) is 1.99. The summed E-state index contributed by atoms with van der Waals surface area (Å²) in [5.41, 5.74) is 4.80. The van der Waals surface area contributed by atoms with E-state index in [-0.39, 0.29) is 17.9 Å². The van der Waals surface area contributed by atoms with Crippen molar-refractivity contribution in [3.63, 3.8) is 0 Å². The Kier molecular flexibility index (Phi) is 4.97. The van der Waals surface area contributed by atoms with Crippen molar-refractivity contribution in [2.45, 2.75) is 13.8 Å². The summed E-state index contributed by atoms with van der Waals surface area (Å²) in [5, 5.41) is 0. The molecule has 0 atom stereocenters. The van der Waals surface area contributed by atoms with Gasteiger partial charge in [-0.05, 0) is 0 Å². The summed E-state index contributed by atoms with van der Waals surface area (Å²) >= 11 is 0. The van der Waals surface area contributed by atoms with Crippen molar-refractivity contribution in [1.29, 1.82) is 0 Å². The Hall–Kier alpha value is -1.26. The van der Waals surface area contributed by atoms with Crippen molar-refractivity contribution >= 4 is 11.9 Å². The highest BCUT2D eigenvalue weighted by Gasteiger charge is 2.20. The number of hydrogen-bond donors (Lipinski definition) is 1. The van der Waals surface area contributed by atoms with Crippen molar-refractivity contribution in [2.75, 3.05) is 27.2 Å². The summed E-state index contributed by atoms with van der Waals surface area (Å²) in [6.07, 6.45) is 0. The van der Waals surface area contributed by atoms with E-state index in [9.17, 15) is 9.59 Å². The van der Waals surface area contributed by atoms with Crippen LogP contribution in [-0.4, -0.2) is 48.9 Å². The molecule has 0 aromatic carbocycles. The van der Waals surface area contributed by atoms with Gasteiger partial charge < -0.3 is 15.5 Å². The zero-order chi connectivity index (χ0) is 11.3. The Labute approximate surface area is 84.8 Å². The highest BCUT2D eigenvalue weighted by Crippen LogP contribution is 2.00. The Morgan fingerprint density at radius 1 is 1.29 bits per heavy atom. The monoisotopic (exact) mass is 201 g/mol. The number of rotatable bonds is 1. The molecule has 1 aliphatic heterocycles. The van der Waals surface area contributed by atoms with E-state index in [0.29, 0.717) is 0 Å². The standard InChI is InChI=1S/C5H10N2O.C4H9NO/c1-6-3-4-7(2)5(6)8;1-3(2)4(5)6/h3-4H2,1-2H3;3H,1-2H3,(H2,5,6). The van der Waals surface area contributed by atoms with Gasteiger partial charge in [0.05, 0.1) is 0 Å². The third kappa shape index (κ3) is 4.11. The fourth-order valence-electron chi connectivity index (χ4n) is 0.783. The van der Waals surface area contributed by atoms with Crippen LogP contribution in [0.25, 0.3) is 0 Å². The van der Waals surface area contributed by atoms with Gasteiger partial charge in [0.15, 0.2) is 0 Å². The lowest BCUT2D eigenvalue weighted by molar-refractivity contribution is -0.120. The zero-order valence-electron chi connectivity index (χ0n) is 9.28. The second kappa shape index (κ2) is 5.47. The number of hydrogen-bond acceptors (Lipinski definition) is 2. The molecule has 1 fully saturated rings. The molecule has 0 unspecified atom stereocenters. The average Bonchev–Trinajstić information content (AvgIpc) is 2.37. The first-order valence-corrected chi connectivity index (χ1v) is 4.61. The van der Waals surface area contributed by atoms with Crippen molar-refractivity contribution in [3.8, 4) is 0 Å². The van der Waals surface area contributed by atoms with Crippen LogP contribution in [0.1, 0.15) is 13.8 Å². The lowest BCUT2D eigenvalue weighted by Crippen LogP contribution is -2.25.